The number of halogens is 1. The van der Waals surface area contributed by atoms with Crippen LogP contribution in [-0.4, -0.2) is 16.6 Å². The molecule has 0 aliphatic rings. The lowest BCUT2D eigenvalue weighted by molar-refractivity contribution is 0.319. The maximum absolute atomic E-state index is 11.4. The molecule has 0 saturated carbocycles. The number of nitrogens with zero attached hydrogens (tertiary/aromatic N) is 1. The lowest BCUT2D eigenvalue weighted by Gasteiger charge is -2.12. The Labute approximate surface area is 120 Å². The van der Waals surface area contributed by atoms with Gasteiger partial charge in [-0.15, -0.1) is 0 Å². The Morgan fingerprint density at radius 1 is 1.40 bits per heavy atom. The Morgan fingerprint density at radius 3 is 2.90 bits per heavy atom. The van der Waals surface area contributed by atoms with Crippen molar-refractivity contribution in [2.24, 2.45) is 5.73 Å². The maximum Gasteiger partial charge on any atom is 0.273 e. The molecule has 0 fully saturated rings. The van der Waals surface area contributed by atoms with Crippen LogP contribution in [0.25, 0.3) is 0 Å². The van der Waals surface area contributed by atoms with E-state index in [1.54, 1.807) is 18.2 Å². The molecule has 3 N–H and O–H groups in total. The van der Waals surface area contributed by atoms with Crippen molar-refractivity contribution in [1.82, 2.24) is 9.97 Å². The molecule has 0 unspecified atom stereocenters. The topological polar surface area (TPSA) is 90.2 Å². The van der Waals surface area contributed by atoms with E-state index in [0.717, 1.165) is 5.56 Å². The highest BCUT2D eigenvalue weighted by molar-refractivity contribution is 6.31. The number of hydrogen-bond acceptors (Lipinski definition) is 5. The largest absolute Gasteiger partial charge is 0.490 e. The number of H-pyrrole nitrogens is 1. The van der Waals surface area contributed by atoms with Gasteiger partial charge in [0.25, 0.3) is 5.56 Å². The molecule has 0 aliphatic carbocycles. The van der Waals surface area contributed by atoms with E-state index in [1.807, 2.05) is 6.92 Å². The van der Waals surface area contributed by atoms with Crippen molar-refractivity contribution >= 4 is 11.6 Å². The smallest absolute Gasteiger partial charge is 0.273 e. The van der Waals surface area contributed by atoms with E-state index in [-0.39, 0.29) is 10.9 Å². The monoisotopic (exact) mass is 295 g/mol. The van der Waals surface area contributed by atoms with E-state index in [4.69, 9.17) is 26.8 Å². The van der Waals surface area contributed by atoms with Gasteiger partial charge in [-0.2, -0.15) is 0 Å². The number of benzene rings is 1. The van der Waals surface area contributed by atoms with E-state index >= 15 is 0 Å². The van der Waals surface area contributed by atoms with Crippen LogP contribution in [0, 0.1) is 0 Å². The summed E-state index contributed by atoms with van der Waals surface area (Å²) < 4.78 is 11.0. The first-order valence-corrected chi connectivity index (χ1v) is 6.40. The summed E-state index contributed by atoms with van der Waals surface area (Å²) in [4.78, 5) is 17.6. The van der Waals surface area contributed by atoms with Crippen LogP contribution in [0.5, 0.6) is 17.4 Å². The first-order valence-electron chi connectivity index (χ1n) is 6.02. The molecular weight excluding hydrogens is 282 g/mol. The number of nitrogens with two attached hydrogens (primary N) is 1. The molecule has 106 valence electrons. The Balaban J connectivity index is 2.37. The van der Waals surface area contributed by atoms with Gasteiger partial charge in [0.05, 0.1) is 12.9 Å². The highest BCUT2D eigenvalue weighted by Crippen LogP contribution is 2.33. The average Bonchev–Trinajstić information content (AvgIpc) is 2.46. The molecule has 2 aromatic rings. The van der Waals surface area contributed by atoms with Gasteiger partial charge in [0.15, 0.2) is 16.5 Å². The summed E-state index contributed by atoms with van der Waals surface area (Å²) >= 11 is 5.84. The van der Waals surface area contributed by atoms with Crippen LogP contribution in [0.3, 0.4) is 0 Å². The molecule has 0 bridgehead atoms. The first kappa shape index (κ1) is 14.4. The van der Waals surface area contributed by atoms with Gasteiger partial charge in [-0.25, -0.2) is 4.98 Å². The number of nitrogens with one attached hydrogen (secondary N) is 1. The van der Waals surface area contributed by atoms with Crippen LogP contribution in [0.2, 0.25) is 5.02 Å². The zero-order valence-corrected chi connectivity index (χ0v) is 11.6. The number of ether oxygens (including phenoxy) is 2. The molecular formula is C13H14ClN3O3. The zero-order valence-electron chi connectivity index (χ0n) is 10.9. The number of hydrogen-bond donors (Lipinski definition) is 2. The number of rotatable bonds is 5. The first-order chi connectivity index (χ1) is 9.65. The zero-order chi connectivity index (χ0) is 14.5. The second-order valence-electron chi connectivity index (χ2n) is 3.87. The summed E-state index contributed by atoms with van der Waals surface area (Å²) in [5.74, 6) is 0.967. The fourth-order valence-electron chi connectivity index (χ4n) is 1.57. The van der Waals surface area contributed by atoms with Crippen molar-refractivity contribution in [3.8, 4) is 17.4 Å². The van der Waals surface area contributed by atoms with Gasteiger partial charge in [-0.1, -0.05) is 17.7 Å². The minimum Gasteiger partial charge on any atom is -0.490 e. The lowest BCUT2D eigenvalue weighted by atomic mass is 10.2. The van der Waals surface area contributed by atoms with Gasteiger partial charge in [-0.3, -0.25) is 4.79 Å². The van der Waals surface area contributed by atoms with Gasteiger partial charge in [0.1, 0.15) is 0 Å². The molecule has 0 spiro atoms. The second-order valence-corrected chi connectivity index (χ2v) is 4.25. The third-order valence-electron chi connectivity index (χ3n) is 2.51. The molecule has 7 heteroatoms. The summed E-state index contributed by atoms with van der Waals surface area (Å²) in [6, 6.07) is 5.28. The van der Waals surface area contributed by atoms with Crippen LogP contribution >= 0.6 is 11.6 Å². The molecule has 1 heterocycles. The number of aromatic nitrogens is 2. The van der Waals surface area contributed by atoms with E-state index in [2.05, 4.69) is 9.97 Å². The Hall–Kier alpha value is -2.05. The Kier molecular flexibility index (Phi) is 4.60. The normalized spacial score (nSPS) is 10.3. The van der Waals surface area contributed by atoms with E-state index < -0.39 is 5.56 Å². The van der Waals surface area contributed by atoms with Gasteiger partial charge < -0.3 is 20.2 Å². The molecule has 1 aromatic carbocycles. The molecule has 0 amide bonds. The molecule has 0 radical (unpaired) electrons. The Morgan fingerprint density at radius 2 is 2.20 bits per heavy atom. The second kappa shape index (κ2) is 6.40. The SMILES string of the molecule is CCOc1cc(CN)ccc1Oc1nc[nH]c(=O)c1Cl. The molecule has 2 rings (SSSR count). The van der Waals surface area contributed by atoms with Crippen molar-refractivity contribution in [3.05, 3.63) is 45.5 Å². The van der Waals surface area contributed by atoms with Crippen LogP contribution in [-0.2, 0) is 6.54 Å². The Bertz CT molecular complexity index is 658. The van der Waals surface area contributed by atoms with Gasteiger partial charge in [0.2, 0.25) is 5.88 Å². The summed E-state index contributed by atoms with van der Waals surface area (Å²) in [5.41, 5.74) is 6.03. The van der Waals surface area contributed by atoms with E-state index in [9.17, 15) is 4.79 Å². The molecule has 0 atom stereocenters. The lowest BCUT2D eigenvalue weighted by Crippen LogP contribution is -2.08. The maximum atomic E-state index is 11.4. The van der Waals surface area contributed by atoms with Gasteiger partial charge >= 0.3 is 0 Å². The summed E-state index contributed by atoms with van der Waals surface area (Å²) in [5, 5.41) is -0.113. The highest BCUT2D eigenvalue weighted by atomic mass is 35.5. The third-order valence-corrected chi connectivity index (χ3v) is 2.85. The quantitative estimate of drug-likeness (QED) is 0.881. The highest BCUT2D eigenvalue weighted by Gasteiger charge is 2.12. The summed E-state index contributed by atoms with van der Waals surface area (Å²) in [6.45, 7) is 2.72. The predicted octanol–water partition coefficient (Wildman–Crippen LogP) is 2.07. The standard InChI is InChI=1S/C13H14ClN3O3/c1-2-19-10-5-8(6-15)3-4-9(10)20-13-11(14)12(18)16-7-17-13/h3-5,7H,2,6,15H2,1H3,(H,16,17,18). The van der Waals surface area contributed by atoms with Crippen LogP contribution in [0.4, 0.5) is 0 Å². The fraction of sp³-hybridized carbons (Fsp3) is 0.231. The minimum absolute atomic E-state index is 0.0249. The molecule has 0 saturated heterocycles. The van der Waals surface area contributed by atoms with Crippen molar-refractivity contribution in [1.29, 1.82) is 0 Å². The third kappa shape index (κ3) is 3.09. The predicted molar refractivity (Wildman–Crippen MR) is 75.4 cm³/mol. The summed E-state index contributed by atoms with van der Waals surface area (Å²) in [7, 11) is 0. The van der Waals surface area contributed by atoms with Crippen LogP contribution in [0.15, 0.2) is 29.3 Å². The number of aromatic amines is 1. The fourth-order valence-corrected chi connectivity index (χ4v) is 1.72. The minimum atomic E-state index is -0.465. The molecule has 20 heavy (non-hydrogen) atoms. The van der Waals surface area contributed by atoms with Crippen molar-refractivity contribution < 1.29 is 9.47 Å². The van der Waals surface area contributed by atoms with E-state index in [1.165, 1.54) is 6.33 Å². The van der Waals surface area contributed by atoms with Crippen molar-refractivity contribution in [2.45, 2.75) is 13.5 Å². The molecule has 0 aliphatic heterocycles. The van der Waals surface area contributed by atoms with Crippen molar-refractivity contribution in [2.75, 3.05) is 6.61 Å². The van der Waals surface area contributed by atoms with Crippen LogP contribution in [0.1, 0.15) is 12.5 Å². The van der Waals surface area contributed by atoms with Gasteiger partial charge in [0, 0.05) is 6.54 Å². The van der Waals surface area contributed by atoms with Crippen molar-refractivity contribution in [3.63, 3.8) is 0 Å². The van der Waals surface area contributed by atoms with E-state index in [0.29, 0.717) is 24.7 Å². The summed E-state index contributed by atoms with van der Waals surface area (Å²) in [6.07, 6.45) is 1.22. The average molecular weight is 296 g/mol. The molecule has 1 aromatic heterocycles. The molecule has 6 nitrogen and oxygen atoms in total. The van der Waals surface area contributed by atoms with Gasteiger partial charge in [-0.05, 0) is 24.6 Å². The van der Waals surface area contributed by atoms with Crippen LogP contribution < -0.4 is 20.8 Å².